The van der Waals surface area contributed by atoms with Gasteiger partial charge in [-0.25, -0.2) is 0 Å². The lowest BCUT2D eigenvalue weighted by Crippen LogP contribution is -2.73. The number of fused-ring (bicyclic) bond motifs is 7. The van der Waals surface area contributed by atoms with Crippen LogP contribution in [0.4, 0.5) is 0 Å². The van der Waals surface area contributed by atoms with Crippen LogP contribution in [0, 0.1) is 29.6 Å². The number of ketones is 1. The third-order valence-corrected chi connectivity index (χ3v) is 37.7. The van der Waals surface area contributed by atoms with Crippen LogP contribution in [0.3, 0.4) is 0 Å². The number of carbonyl (C=O) groups is 1. The van der Waals surface area contributed by atoms with E-state index in [9.17, 15) is 0 Å². The molecule has 0 amide bonds. The minimum absolute atomic E-state index is 0.0159. The van der Waals surface area contributed by atoms with Gasteiger partial charge >= 0.3 is 0 Å². The molecule has 7 heterocycles. The lowest BCUT2D eigenvalue weighted by atomic mass is 9.78. The van der Waals surface area contributed by atoms with Crippen molar-refractivity contribution in [2.75, 3.05) is 6.61 Å². The van der Waals surface area contributed by atoms with Crippen LogP contribution in [0.2, 0.25) is 28.2 Å². The average Bonchev–Trinajstić information content (AvgIpc) is 1.71. The van der Waals surface area contributed by atoms with E-state index >= 15 is 4.79 Å². The van der Waals surface area contributed by atoms with E-state index in [1.807, 2.05) is 0 Å². The Hall–Kier alpha value is -3.94. The molecule has 6 saturated heterocycles. The molecule has 7 aliphatic rings. The highest BCUT2D eigenvalue weighted by Gasteiger charge is 2.65. The van der Waals surface area contributed by atoms with E-state index in [1.54, 1.807) is 0 Å². The Balaban J connectivity index is 0.999. The highest BCUT2D eigenvalue weighted by atomic mass is 28.4. The van der Waals surface area contributed by atoms with Crippen LogP contribution in [0.1, 0.15) is 161 Å². The van der Waals surface area contributed by atoms with Crippen molar-refractivity contribution in [3.63, 3.8) is 0 Å². The standard InChI is InChI=1S/C80H114O10Si3/c1-52-38-39-59-47-55(4)67(83-59)42-40-60-46-54(3)56(5)70(84-60)50-71-66(57(6)69(86-71)45-53(2)51-82-91(16,17)78(7,8)9)49-58(81)48-61-41-43-68-73(85-61)77(90-93(80(13,14)15,64-34-26-20-27-35-64)65-36-28-21-29-37-65)76-75(87-68)74(72(44-52)88-76)89-92(79(10,11)12,62-30-22-18-23-31-62)63-32-24-19-25-33-63/h18-39,52-54,57,59-61,66-77H,4-5,40-51H2,1-3,6-17H3/b39-38+/t52?,53-,54+,57+,59?,60-,61+,66+,67?,68-,69+,70?,71-,72+,73-,74-,75-,76+,77-/m0/s1. The summed E-state index contributed by atoms with van der Waals surface area (Å²) in [7, 11) is -8.52. The maximum Gasteiger partial charge on any atom is 0.261 e. The summed E-state index contributed by atoms with van der Waals surface area (Å²) in [5.41, 5.74) is 2.26. The summed E-state index contributed by atoms with van der Waals surface area (Å²) in [4.78, 5) is 15.4. The molecule has 0 aliphatic carbocycles. The van der Waals surface area contributed by atoms with E-state index in [0.29, 0.717) is 38.7 Å². The minimum Gasteiger partial charge on any atom is -0.417 e. The second-order valence-corrected chi connectivity index (χ2v) is 46.4. The third-order valence-electron chi connectivity index (χ3n) is 23.2. The number of ether oxygens (including phenoxy) is 6. The predicted molar refractivity (Wildman–Crippen MR) is 383 cm³/mol. The van der Waals surface area contributed by atoms with Crippen molar-refractivity contribution in [3.05, 3.63) is 158 Å². The average molecular weight is 1320 g/mol. The van der Waals surface area contributed by atoms with Crippen LogP contribution >= 0.6 is 0 Å². The second kappa shape index (κ2) is 28.5. The molecular formula is C80H114O10Si3. The topological polar surface area (TPSA) is 100 Å². The molecule has 8 bridgehead atoms. The molecule has 13 heteroatoms. The molecule has 93 heavy (non-hydrogen) atoms. The molecule has 4 unspecified atom stereocenters. The maximum atomic E-state index is 15.4. The van der Waals surface area contributed by atoms with E-state index in [2.05, 4.69) is 243 Å². The zero-order valence-corrected chi connectivity index (χ0v) is 62.2. The predicted octanol–water partition coefficient (Wildman–Crippen LogP) is 15.2. The van der Waals surface area contributed by atoms with Gasteiger partial charge < -0.3 is 41.7 Å². The van der Waals surface area contributed by atoms with Crippen LogP contribution in [0.25, 0.3) is 0 Å². The van der Waals surface area contributed by atoms with Gasteiger partial charge in [0.05, 0.1) is 54.9 Å². The van der Waals surface area contributed by atoms with Crippen molar-refractivity contribution >= 4 is 51.5 Å². The molecule has 0 radical (unpaired) electrons. The lowest BCUT2D eigenvalue weighted by molar-refractivity contribution is -0.254. The first kappa shape index (κ1) is 70.4. The molecular weight excluding hydrogens is 1210 g/mol. The van der Waals surface area contributed by atoms with Gasteiger partial charge in [-0.05, 0) is 135 Å². The molecule has 506 valence electrons. The van der Waals surface area contributed by atoms with Crippen LogP contribution in [-0.4, -0.2) is 123 Å². The van der Waals surface area contributed by atoms with E-state index in [4.69, 9.17) is 48.3 Å². The Labute approximate surface area is 563 Å². The van der Waals surface area contributed by atoms with Crippen molar-refractivity contribution in [2.24, 2.45) is 29.6 Å². The third kappa shape index (κ3) is 14.8. The number of hydrogen-bond donors (Lipinski definition) is 0. The zero-order valence-electron chi connectivity index (χ0n) is 59.2. The highest BCUT2D eigenvalue weighted by molar-refractivity contribution is 7.00. The summed E-state index contributed by atoms with van der Waals surface area (Å²) in [6.07, 6.45) is 7.86. The summed E-state index contributed by atoms with van der Waals surface area (Å²) in [5, 5.41) is 4.20. The van der Waals surface area contributed by atoms with Crippen molar-refractivity contribution in [1.82, 2.24) is 0 Å². The molecule has 4 aromatic carbocycles. The fraction of sp³-hybridized carbons (Fsp3) is 0.613. The Morgan fingerprint density at radius 3 is 1.60 bits per heavy atom. The van der Waals surface area contributed by atoms with Crippen LogP contribution in [0.5, 0.6) is 0 Å². The van der Waals surface area contributed by atoms with Crippen molar-refractivity contribution in [1.29, 1.82) is 0 Å². The first-order chi connectivity index (χ1) is 44.1. The van der Waals surface area contributed by atoms with E-state index in [1.165, 1.54) is 20.7 Å². The Morgan fingerprint density at radius 2 is 1.05 bits per heavy atom. The number of benzene rings is 4. The Kier molecular flexibility index (Phi) is 21.6. The summed E-state index contributed by atoms with van der Waals surface area (Å²) >= 11 is 0. The molecule has 7 aliphatic heterocycles. The first-order valence-electron chi connectivity index (χ1n) is 35.8. The van der Waals surface area contributed by atoms with Crippen molar-refractivity contribution in [2.45, 2.75) is 274 Å². The summed E-state index contributed by atoms with van der Waals surface area (Å²) in [6.45, 7) is 44.9. The Morgan fingerprint density at radius 1 is 0.527 bits per heavy atom. The number of Topliss-reactive ketones (excluding diaryl/α,β-unsaturated/α-hetero) is 1. The van der Waals surface area contributed by atoms with Gasteiger partial charge in [0, 0.05) is 32.3 Å². The summed E-state index contributed by atoms with van der Waals surface area (Å²) in [6, 6.07) is 43.8. The molecule has 0 spiro atoms. The van der Waals surface area contributed by atoms with Gasteiger partial charge in [-0.15, -0.1) is 0 Å². The Bertz CT molecular complexity index is 3100. The molecule has 0 saturated carbocycles. The number of carbonyl (C=O) groups excluding carboxylic acids is 1. The van der Waals surface area contributed by atoms with Gasteiger partial charge in [-0.1, -0.05) is 237 Å². The lowest BCUT2D eigenvalue weighted by Gasteiger charge is -2.53. The summed E-state index contributed by atoms with van der Waals surface area (Å²) < 4.78 is 68.4. The normalized spacial score (nSPS) is 34.2. The van der Waals surface area contributed by atoms with Crippen LogP contribution in [0.15, 0.2) is 158 Å². The largest absolute Gasteiger partial charge is 0.417 e. The van der Waals surface area contributed by atoms with E-state index in [-0.39, 0.29) is 106 Å². The first-order valence-corrected chi connectivity index (χ1v) is 42.5. The fourth-order valence-electron chi connectivity index (χ4n) is 16.9. The smallest absolute Gasteiger partial charge is 0.261 e. The van der Waals surface area contributed by atoms with Crippen molar-refractivity contribution in [3.8, 4) is 0 Å². The van der Waals surface area contributed by atoms with Crippen LogP contribution < -0.4 is 20.7 Å². The quantitative estimate of drug-likeness (QED) is 0.0950. The molecule has 4 aromatic rings. The van der Waals surface area contributed by atoms with Gasteiger partial charge in [0.25, 0.3) is 16.6 Å². The summed E-state index contributed by atoms with van der Waals surface area (Å²) in [5.74, 6) is 0.956. The highest BCUT2D eigenvalue weighted by Crippen LogP contribution is 2.50. The SMILES string of the molecule is C=C1CC2/C=C/C(C)C[C@H]3O[C@H]4[C@@H](O[Si](c5ccccc5)(c5ccccc5)C(C)(C)C)[C@H]5O[C@H](CC[C@@H]5O[C@H]4[C@H]3O[Si](c3ccccc3)(c3ccccc3)C(C)(C)C)CC(=O)C[C@@H]3[C@@H](C)[C@@H](C[C@H](C)CO[Si](C)(C)C(C)(C)C)O[C@H]3CC3O[C@@H](CCC1O2)C[C@@H](C)C3=C. The number of rotatable bonds is 13. The van der Waals surface area contributed by atoms with Crippen molar-refractivity contribution < 1.29 is 46.5 Å². The maximum absolute atomic E-state index is 15.4. The molecule has 19 atom stereocenters. The second-order valence-electron chi connectivity index (χ2n) is 33.1. The number of allylic oxidation sites excluding steroid dienone is 1. The van der Waals surface area contributed by atoms with Gasteiger partial charge in [-0.3, -0.25) is 4.79 Å². The number of hydrogen-bond acceptors (Lipinski definition) is 10. The molecule has 11 rings (SSSR count). The molecule has 0 aromatic heterocycles. The fourth-order valence-corrected chi connectivity index (χ4v) is 27.4. The van der Waals surface area contributed by atoms with Crippen LogP contribution in [-0.2, 0) is 46.5 Å². The van der Waals surface area contributed by atoms with Gasteiger partial charge in [0.2, 0.25) is 0 Å². The monoisotopic (exact) mass is 1320 g/mol. The molecule has 10 nitrogen and oxygen atoms in total. The van der Waals surface area contributed by atoms with Gasteiger partial charge in [-0.2, -0.15) is 0 Å². The van der Waals surface area contributed by atoms with E-state index < -0.39 is 61.6 Å². The molecule has 0 N–H and O–H groups in total. The van der Waals surface area contributed by atoms with E-state index in [0.717, 1.165) is 43.3 Å². The zero-order chi connectivity index (χ0) is 66.4. The molecule has 6 fully saturated rings. The van der Waals surface area contributed by atoms with Gasteiger partial charge in [0.15, 0.2) is 8.32 Å². The van der Waals surface area contributed by atoms with Gasteiger partial charge in [0.1, 0.15) is 36.3 Å². The minimum atomic E-state index is -3.32.